The normalized spacial score (nSPS) is 23.2. The molecule has 0 bridgehead atoms. The van der Waals surface area contributed by atoms with E-state index in [2.05, 4.69) is 11.0 Å². The SMILES string of the molecule is CSC1CCC(NS(=O)(=O)c2cc(N)c(C)c(Cl)c2)CC1. The number of nitrogens with two attached hydrogens (primary N) is 1. The largest absolute Gasteiger partial charge is 0.398 e. The highest BCUT2D eigenvalue weighted by Crippen LogP contribution is 2.29. The van der Waals surface area contributed by atoms with E-state index < -0.39 is 10.0 Å². The summed E-state index contributed by atoms with van der Waals surface area (Å²) >= 11 is 7.89. The summed E-state index contributed by atoms with van der Waals surface area (Å²) < 4.78 is 27.7. The van der Waals surface area contributed by atoms with Gasteiger partial charge in [0, 0.05) is 22.0 Å². The number of nitrogens with one attached hydrogen (secondary N) is 1. The lowest BCUT2D eigenvalue weighted by Crippen LogP contribution is -2.38. The van der Waals surface area contributed by atoms with Crippen LogP contribution >= 0.6 is 23.4 Å². The maximum absolute atomic E-state index is 12.4. The number of nitrogen functional groups attached to an aromatic ring is 1. The van der Waals surface area contributed by atoms with E-state index >= 15 is 0 Å². The first-order valence-corrected chi connectivity index (χ1v) is 10.1. The van der Waals surface area contributed by atoms with Crippen LogP contribution in [0.15, 0.2) is 17.0 Å². The number of hydrogen-bond donors (Lipinski definition) is 2. The highest BCUT2D eigenvalue weighted by atomic mass is 35.5. The molecule has 0 heterocycles. The van der Waals surface area contributed by atoms with Crippen LogP contribution in [0.1, 0.15) is 31.2 Å². The molecule has 0 atom stereocenters. The van der Waals surface area contributed by atoms with Crippen molar-refractivity contribution in [2.45, 2.75) is 48.8 Å². The summed E-state index contributed by atoms with van der Waals surface area (Å²) in [5.74, 6) is 0. The minimum absolute atomic E-state index is 0.000275. The van der Waals surface area contributed by atoms with Crippen LogP contribution in [0.25, 0.3) is 0 Å². The molecule has 0 radical (unpaired) electrons. The average molecular weight is 349 g/mol. The highest BCUT2D eigenvalue weighted by Gasteiger charge is 2.26. The third-order valence-electron chi connectivity index (χ3n) is 4.00. The fourth-order valence-corrected chi connectivity index (χ4v) is 4.93. The monoisotopic (exact) mass is 348 g/mol. The Bertz CT molecular complexity index is 588. The molecule has 1 saturated carbocycles. The fourth-order valence-electron chi connectivity index (χ4n) is 2.53. The lowest BCUT2D eigenvalue weighted by atomic mass is 9.96. The smallest absolute Gasteiger partial charge is 0.240 e. The zero-order chi connectivity index (χ0) is 15.6. The quantitative estimate of drug-likeness (QED) is 0.820. The molecule has 1 aromatic carbocycles. The van der Waals surface area contributed by atoms with Gasteiger partial charge in [0.2, 0.25) is 10.0 Å². The Morgan fingerprint density at radius 2 is 1.90 bits per heavy atom. The highest BCUT2D eigenvalue weighted by molar-refractivity contribution is 7.99. The number of thioether (sulfide) groups is 1. The van der Waals surface area contributed by atoms with E-state index in [-0.39, 0.29) is 10.9 Å². The van der Waals surface area contributed by atoms with E-state index in [9.17, 15) is 8.42 Å². The van der Waals surface area contributed by atoms with Crippen molar-refractivity contribution in [3.05, 3.63) is 22.7 Å². The third-order valence-corrected chi connectivity index (χ3v) is 7.03. The molecule has 1 aliphatic carbocycles. The molecule has 118 valence electrons. The van der Waals surface area contributed by atoms with Gasteiger partial charge in [-0.05, 0) is 56.6 Å². The topological polar surface area (TPSA) is 72.2 Å². The summed E-state index contributed by atoms with van der Waals surface area (Å²) in [4.78, 5) is 0.141. The van der Waals surface area contributed by atoms with Gasteiger partial charge in [-0.2, -0.15) is 11.8 Å². The van der Waals surface area contributed by atoms with Crippen LogP contribution in [0.3, 0.4) is 0 Å². The third kappa shape index (κ3) is 4.06. The van der Waals surface area contributed by atoms with Crippen molar-refractivity contribution in [3.63, 3.8) is 0 Å². The molecular formula is C14H21ClN2O2S2. The van der Waals surface area contributed by atoms with Gasteiger partial charge in [-0.3, -0.25) is 0 Å². The molecule has 0 amide bonds. The molecule has 2 rings (SSSR count). The number of halogens is 1. The average Bonchev–Trinajstić information content (AvgIpc) is 2.44. The second kappa shape index (κ2) is 6.77. The zero-order valence-corrected chi connectivity index (χ0v) is 14.6. The summed E-state index contributed by atoms with van der Waals surface area (Å²) in [5.41, 5.74) is 6.91. The van der Waals surface area contributed by atoms with Gasteiger partial charge in [-0.25, -0.2) is 13.1 Å². The predicted molar refractivity (Wildman–Crippen MR) is 90.5 cm³/mol. The van der Waals surface area contributed by atoms with Crippen molar-refractivity contribution in [3.8, 4) is 0 Å². The first-order valence-electron chi connectivity index (χ1n) is 6.94. The number of rotatable bonds is 4. The van der Waals surface area contributed by atoms with Crippen LogP contribution < -0.4 is 10.5 Å². The second-order valence-corrected chi connectivity index (χ2v) is 8.71. The summed E-state index contributed by atoms with van der Waals surface area (Å²) in [7, 11) is -3.57. The lowest BCUT2D eigenvalue weighted by molar-refractivity contribution is 0.420. The molecule has 1 aromatic rings. The Labute approximate surface area is 135 Å². The van der Waals surface area contributed by atoms with Gasteiger partial charge in [0.1, 0.15) is 0 Å². The minimum atomic E-state index is -3.57. The molecule has 1 aliphatic rings. The van der Waals surface area contributed by atoms with Crippen molar-refractivity contribution >= 4 is 39.1 Å². The maximum Gasteiger partial charge on any atom is 0.240 e. The van der Waals surface area contributed by atoms with E-state index in [4.69, 9.17) is 17.3 Å². The van der Waals surface area contributed by atoms with Crippen molar-refractivity contribution < 1.29 is 8.42 Å². The maximum atomic E-state index is 12.4. The summed E-state index contributed by atoms with van der Waals surface area (Å²) in [5, 5.41) is 1.02. The molecule has 0 unspecified atom stereocenters. The Morgan fingerprint density at radius 3 is 2.43 bits per heavy atom. The molecule has 7 heteroatoms. The van der Waals surface area contributed by atoms with E-state index in [0.717, 1.165) is 25.7 Å². The van der Waals surface area contributed by atoms with Gasteiger partial charge >= 0.3 is 0 Å². The van der Waals surface area contributed by atoms with Gasteiger partial charge < -0.3 is 5.73 Å². The summed E-state index contributed by atoms with van der Waals surface area (Å²) in [6.45, 7) is 1.77. The molecule has 0 aromatic heterocycles. The van der Waals surface area contributed by atoms with Crippen LogP contribution in [-0.4, -0.2) is 26.0 Å². The molecule has 0 aliphatic heterocycles. The van der Waals surface area contributed by atoms with Gasteiger partial charge in [0.25, 0.3) is 0 Å². The number of anilines is 1. The van der Waals surface area contributed by atoms with Crippen LogP contribution in [0.4, 0.5) is 5.69 Å². The zero-order valence-electron chi connectivity index (χ0n) is 12.2. The minimum Gasteiger partial charge on any atom is -0.398 e. The van der Waals surface area contributed by atoms with Crippen LogP contribution in [0.2, 0.25) is 5.02 Å². The van der Waals surface area contributed by atoms with Gasteiger partial charge in [-0.15, -0.1) is 0 Å². The van der Waals surface area contributed by atoms with Crippen molar-refractivity contribution in [2.75, 3.05) is 12.0 Å². The Kier molecular flexibility index (Phi) is 5.46. The van der Waals surface area contributed by atoms with E-state index in [1.54, 1.807) is 6.92 Å². The van der Waals surface area contributed by atoms with Crippen molar-refractivity contribution in [2.24, 2.45) is 0 Å². The number of benzene rings is 1. The molecule has 21 heavy (non-hydrogen) atoms. The number of hydrogen-bond acceptors (Lipinski definition) is 4. The van der Waals surface area contributed by atoms with Gasteiger partial charge in [-0.1, -0.05) is 11.6 Å². The standard InChI is InChI=1S/C14H21ClN2O2S2/c1-9-13(15)7-12(8-14(9)16)21(18,19)17-10-3-5-11(20-2)6-4-10/h7-8,10-11,17H,3-6,16H2,1-2H3. The van der Waals surface area contributed by atoms with Gasteiger partial charge in [0.05, 0.1) is 4.90 Å². The Morgan fingerprint density at radius 1 is 1.29 bits per heavy atom. The summed E-state index contributed by atoms with van der Waals surface area (Å²) in [6.07, 6.45) is 5.95. The number of sulfonamides is 1. The van der Waals surface area contributed by atoms with E-state index in [1.807, 2.05) is 11.8 Å². The Hall–Kier alpha value is -0.430. The van der Waals surface area contributed by atoms with Gasteiger partial charge in [0.15, 0.2) is 0 Å². The Balaban J connectivity index is 2.12. The van der Waals surface area contributed by atoms with E-state index in [0.29, 0.717) is 21.5 Å². The molecule has 0 saturated heterocycles. The lowest BCUT2D eigenvalue weighted by Gasteiger charge is -2.27. The molecule has 1 fully saturated rings. The van der Waals surface area contributed by atoms with Crippen molar-refractivity contribution in [1.29, 1.82) is 0 Å². The molecular weight excluding hydrogens is 328 g/mol. The van der Waals surface area contributed by atoms with Crippen molar-refractivity contribution in [1.82, 2.24) is 4.72 Å². The molecule has 3 N–H and O–H groups in total. The van der Waals surface area contributed by atoms with Crippen LogP contribution in [0, 0.1) is 6.92 Å². The predicted octanol–water partition coefficient (Wildman–Crippen LogP) is 3.18. The second-order valence-electron chi connectivity index (χ2n) is 5.45. The van der Waals surface area contributed by atoms with E-state index in [1.165, 1.54) is 12.1 Å². The molecule has 0 spiro atoms. The van der Waals surface area contributed by atoms with Crippen LogP contribution in [-0.2, 0) is 10.0 Å². The fraction of sp³-hybridized carbons (Fsp3) is 0.571. The summed E-state index contributed by atoms with van der Waals surface area (Å²) in [6, 6.07) is 2.93. The first-order chi connectivity index (χ1) is 9.83. The first kappa shape index (κ1) is 16.9. The molecule has 4 nitrogen and oxygen atoms in total. The van der Waals surface area contributed by atoms with Crippen LogP contribution in [0.5, 0.6) is 0 Å².